The second kappa shape index (κ2) is 9.23. The topological polar surface area (TPSA) is 66.8 Å². The first-order valence-corrected chi connectivity index (χ1v) is 6.09. The molecule has 0 radical (unpaired) electrons. The highest BCUT2D eigenvalue weighted by atomic mass is 32.2. The third-order valence-electron chi connectivity index (χ3n) is 1.82. The molecule has 0 rings (SSSR count). The minimum absolute atomic E-state index is 0.0530. The van der Waals surface area contributed by atoms with E-state index in [0.29, 0.717) is 13.2 Å². The van der Waals surface area contributed by atoms with Crippen LogP contribution in [-0.2, 0) is 14.3 Å². The summed E-state index contributed by atoms with van der Waals surface area (Å²) in [5.74, 6) is -1.10. The average Bonchev–Trinajstić information content (AvgIpc) is 2.25. The van der Waals surface area contributed by atoms with Crippen molar-refractivity contribution in [2.45, 2.75) is 6.42 Å². The number of hydrogen-bond donors (Lipinski definition) is 1. The number of thioether (sulfide) groups is 1. The zero-order valence-corrected chi connectivity index (χ0v) is 10.3. The van der Waals surface area contributed by atoms with E-state index in [-0.39, 0.29) is 18.9 Å². The number of ether oxygens (including phenoxy) is 1. The Morgan fingerprint density at radius 1 is 1.44 bits per heavy atom. The lowest BCUT2D eigenvalue weighted by Gasteiger charge is -2.19. The van der Waals surface area contributed by atoms with E-state index in [0.717, 1.165) is 0 Å². The van der Waals surface area contributed by atoms with Crippen molar-refractivity contribution < 1.29 is 19.4 Å². The predicted molar refractivity (Wildman–Crippen MR) is 63.4 cm³/mol. The first-order chi connectivity index (χ1) is 7.61. The van der Waals surface area contributed by atoms with Gasteiger partial charge in [-0.25, -0.2) is 0 Å². The Morgan fingerprint density at radius 2 is 2.12 bits per heavy atom. The van der Waals surface area contributed by atoms with Crippen LogP contribution in [0.5, 0.6) is 0 Å². The van der Waals surface area contributed by atoms with Crippen molar-refractivity contribution in [1.29, 1.82) is 0 Å². The molecule has 0 aliphatic heterocycles. The Morgan fingerprint density at radius 3 is 2.62 bits per heavy atom. The van der Waals surface area contributed by atoms with E-state index in [1.165, 1.54) is 29.8 Å². The minimum Gasteiger partial charge on any atom is -0.481 e. The third kappa shape index (κ3) is 7.30. The van der Waals surface area contributed by atoms with Gasteiger partial charge in [-0.15, -0.1) is 11.8 Å². The Balaban J connectivity index is 4.22. The molecule has 1 amide bonds. The van der Waals surface area contributed by atoms with E-state index < -0.39 is 5.97 Å². The van der Waals surface area contributed by atoms with Gasteiger partial charge in [0.05, 0.1) is 13.0 Å². The zero-order chi connectivity index (χ0) is 12.4. The minimum atomic E-state index is -0.913. The molecular formula is C10H17NO4S. The predicted octanol–water partition coefficient (Wildman–Crippen LogP) is 0.813. The van der Waals surface area contributed by atoms with Gasteiger partial charge in [0.1, 0.15) is 0 Å². The van der Waals surface area contributed by atoms with Gasteiger partial charge in [-0.1, -0.05) is 0 Å². The summed E-state index contributed by atoms with van der Waals surface area (Å²) in [6.07, 6.45) is 3.23. The molecule has 0 atom stereocenters. The number of rotatable bonds is 8. The molecule has 0 fully saturated rings. The van der Waals surface area contributed by atoms with Crippen LogP contribution < -0.4 is 0 Å². The van der Waals surface area contributed by atoms with Gasteiger partial charge in [-0.3, -0.25) is 9.59 Å². The van der Waals surface area contributed by atoms with Crippen molar-refractivity contribution in [3.05, 3.63) is 11.5 Å². The number of aliphatic carboxylic acids is 1. The van der Waals surface area contributed by atoms with E-state index in [4.69, 9.17) is 9.84 Å². The molecule has 5 nitrogen and oxygen atoms in total. The van der Waals surface area contributed by atoms with Crippen LogP contribution in [0.15, 0.2) is 11.5 Å². The highest BCUT2D eigenvalue weighted by molar-refractivity contribution is 8.01. The van der Waals surface area contributed by atoms with Gasteiger partial charge in [0, 0.05) is 26.3 Å². The van der Waals surface area contributed by atoms with Gasteiger partial charge in [-0.2, -0.15) is 0 Å². The second-order valence-electron chi connectivity index (χ2n) is 3.00. The van der Waals surface area contributed by atoms with Gasteiger partial charge >= 0.3 is 5.97 Å². The van der Waals surface area contributed by atoms with E-state index in [9.17, 15) is 9.59 Å². The Bertz CT molecular complexity index is 255. The molecule has 6 heteroatoms. The number of carboxylic acids is 1. The first kappa shape index (κ1) is 15.0. The number of nitrogens with zero attached hydrogens (tertiary/aromatic N) is 1. The SMILES string of the molecule is COCCN(CCC(=O)O)C(=O)/C=C/SC. The average molecular weight is 247 g/mol. The van der Waals surface area contributed by atoms with E-state index >= 15 is 0 Å². The van der Waals surface area contributed by atoms with Crippen LogP contribution in [0.2, 0.25) is 0 Å². The molecule has 0 heterocycles. The summed E-state index contributed by atoms with van der Waals surface area (Å²) < 4.78 is 4.86. The largest absolute Gasteiger partial charge is 0.481 e. The van der Waals surface area contributed by atoms with Crippen LogP contribution in [0, 0.1) is 0 Å². The lowest BCUT2D eigenvalue weighted by Crippen LogP contribution is -2.34. The molecule has 0 aromatic rings. The maximum atomic E-state index is 11.6. The molecule has 0 aliphatic rings. The second-order valence-corrected chi connectivity index (χ2v) is 3.74. The molecule has 0 spiro atoms. The van der Waals surface area contributed by atoms with Crippen LogP contribution in [0.3, 0.4) is 0 Å². The molecule has 92 valence electrons. The molecule has 0 aliphatic carbocycles. The van der Waals surface area contributed by atoms with E-state index in [2.05, 4.69) is 0 Å². The van der Waals surface area contributed by atoms with Crippen LogP contribution in [0.4, 0.5) is 0 Å². The van der Waals surface area contributed by atoms with E-state index in [1.54, 1.807) is 5.41 Å². The number of carboxylic acid groups (broad SMARTS) is 1. The highest BCUT2D eigenvalue weighted by Crippen LogP contribution is 1.99. The van der Waals surface area contributed by atoms with Gasteiger partial charge in [-0.05, 0) is 11.7 Å². The quantitative estimate of drug-likeness (QED) is 0.643. The van der Waals surface area contributed by atoms with Crippen molar-refractivity contribution in [1.82, 2.24) is 4.90 Å². The highest BCUT2D eigenvalue weighted by Gasteiger charge is 2.11. The fourth-order valence-electron chi connectivity index (χ4n) is 0.996. The molecule has 0 saturated carbocycles. The summed E-state index contributed by atoms with van der Waals surface area (Å²) in [6.45, 7) is 1.01. The smallest absolute Gasteiger partial charge is 0.305 e. The zero-order valence-electron chi connectivity index (χ0n) is 9.51. The van der Waals surface area contributed by atoms with Crippen LogP contribution >= 0.6 is 11.8 Å². The Labute approximate surface area is 99.4 Å². The Kier molecular flexibility index (Phi) is 8.65. The Hall–Kier alpha value is -1.01. The van der Waals surface area contributed by atoms with Crippen molar-refractivity contribution in [2.75, 3.05) is 33.1 Å². The normalized spacial score (nSPS) is 10.6. The fraction of sp³-hybridized carbons (Fsp3) is 0.600. The van der Waals surface area contributed by atoms with Gasteiger partial charge in [0.25, 0.3) is 0 Å². The third-order valence-corrected chi connectivity index (χ3v) is 2.23. The maximum absolute atomic E-state index is 11.6. The summed E-state index contributed by atoms with van der Waals surface area (Å²) in [4.78, 5) is 23.5. The molecule has 16 heavy (non-hydrogen) atoms. The molecule has 1 N–H and O–H groups in total. The van der Waals surface area contributed by atoms with Gasteiger partial charge in [0.15, 0.2) is 0 Å². The number of hydrogen-bond acceptors (Lipinski definition) is 4. The van der Waals surface area contributed by atoms with Crippen LogP contribution in [-0.4, -0.2) is 54.9 Å². The van der Waals surface area contributed by atoms with Crippen molar-refractivity contribution >= 4 is 23.6 Å². The summed E-state index contributed by atoms with van der Waals surface area (Å²) in [5, 5.41) is 10.2. The summed E-state index contributed by atoms with van der Waals surface area (Å²) >= 11 is 1.42. The monoisotopic (exact) mass is 247 g/mol. The van der Waals surface area contributed by atoms with Crippen molar-refractivity contribution in [3.63, 3.8) is 0 Å². The molecule has 0 saturated heterocycles. The summed E-state index contributed by atoms with van der Waals surface area (Å²) in [7, 11) is 1.54. The molecule has 0 unspecified atom stereocenters. The number of carbonyl (C=O) groups is 2. The summed E-state index contributed by atoms with van der Waals surface area (Å²) in [5.41, 5.74) is 0. The van der Waals surface area contributed by atoms with Crippen molar-refractivity contribution in [2.24, 2.45) is 0 Å². The standard InChI is InChI=1S/C10H17NO4S/c1-15-7-6-11(5-3-10(13)14)9(12)4-8-16-2/h4,8H,3,5-7H2,1-2H3,(H,13,14)/b8-4+. The van der Waals surface area contributed by atoms with Gasteiger partial charge in [0.2, 0.25) is 5.91 Å². The maximum Gasteiger partial charge on any atom is 0.305 e. The molecule has 0 aromatic heterocycles. The number of amides is 1. The summed E-state index contributed by atoms with van der Waals surface area (Å²) in [6, 6.07) is 0. The molecule has 0 aromatic carbocycles. The van der Waals surface area contributed by atoms with Crippen LogP contribution in [0.1, 0.15) is 6.42 Å². The van der Waals surface area contributed by atoms with E-state index in [1.807, 2.05) is 6.26 Å². The first-order valence-electron chi connectivity index (χ1n) is 4.80. The van der Waals surface area contributed by atoms with Gasteiger partial charge < -0.3 is 14.7 Å². The number of carbonyl (C=O) groups excluding carboxylic acids is 1. The molecule has 0 bridgehead atoms. The van der Waals surface area contributed by atoms with Crippen LogP contribution in [0.25, 0.3) is 0 Å². The van der Waals surface area contributed by atoms with Crippen molar-refractivity contribution in [3.8, 4) is 0 Å². The number of methoxy groups -OCH3 is 1. The lowest BCUT2D eigenvalue weighted by molar-refractivity contribution is -0.138. The molecular weight excluding hydrogens is 230 g/mol. The fourth-order valence-corrected chi connectivity index (χ4v) is 1.25. The lowest BCUT2D eigenvalue weighted by atomic mass is 10.3.